The summed E-state index contributed by atoms with van der Waals surface area (Å²) in [6, 6.07) is 7.33. The number of hydrogen-bond acceptors (Lipinski definition) is 4. The molecule has 0 aliphatic carbocycles. The van der Waals surface area contributed by atoms with Gasteiger partial charge in [-0.15, -0.1) is 0 Å². The third-order valence-electron chi connectivity index (χ3n) is 3.95. The third-order valence-corrected chi connectivity index (χ3v) is 4.32. The summed E-state index contributed by atoms with van der Waals surface area (Å²) in [6.07, 6.45) is 0. The molecule has 2 rings (SSSR count). The summed E-state index contributed by atoms with van der Waals surface area (Å²) in [5.41, 5.74) is 0.829. The topological polar surface area (TPSA) is 61.9 Å². The molecule has 0 atom stereocenters. The fourth-order valence-corrected chi connectivity index (χ4v) is 2.71. The predicted molar refractivity (Wildman–Crippen MR) is 92.8 cm³/mol. The summed E-state index contributed by atoms with van der Waals surface area (Å²) in [6.45, 7) is 6.43. The van der Waals surface area contributed by atoms with Crippen LogP contribution in [0, 0.1) is 0 Å². The lowest BCUT2D eigenvalue weighted by atomic mass is 10.2. The molecule has 6 nitrogen and oxygen atoms in total. The summed E-state index contributed by atoms with van der Waals surface area (Å²) < 4.78 is 5.29. The van der Waals surface area contributed by atoms with Gasteiger partial charge in [0.1, 0.15) is 0 Å². The molecule has 2 amide bonds. The van der Waals surface area contributed by atoms with E-state index in [1.165, 1.54) is 11.8 Å². The highest BCUT2D eigenvalue weighted by Gasteiger charge is 2.16. The molecule has 1 saturated heterocycles. The van der Waals surface area contributed by atoms with Crippen molar-refractivity contribution in [3.63, 3.8) is 0 Å². The molecule has 1 aromatic carbocycles. The Kier molecular flexibility index (Phi) is 7.49. The lowest BCUT2D eigenvalue weighted by molar-refractivity contribution is -0.134. The zero-order valence-electron chi connectivity index (χ0n) is 14.0. The van der Waals surface area contributed by atoms with Gasteiger partial charge in [0, 0.05) is 44.7 Å². The molecule has 0 spiro atoms. The maximum atomic E-state index is 12.1. The molecule has 1 N–H and O–H groups in total. The van der Waals surface area contributed by atoms with Gasteiger partial charge in [-0.25, -0.2) is 0 Å². The van der Waals surface area contributed by atoms with Gasteiger partial charge in [-0.2, -0.15) is 0 Å². The van der Waals surface area contributed by atoms with Gasteiger partial charge in [0.2, 0.25) is 11.8 Å². The van der Waals surface area contributed by atoms with E-state index in [0.29, 0.717) is 18.1 Å². The Hall–Kier alpha value is -1.63. The largest absolute Gasteiger partial charge is 0.379 e. The molecule has 0 aromatic heterocycles. The van der Waals surface area contributed by atoms with Crippen LogP contribution in [-0.4, -0.2) is 67.6 Å². The van der Waals surface area contributed by atoms with Crippen molar-refractivity contribution in [2.45, 2.75) is 13.5 Å². The Balaban J connectivity index is 1.78. The van der Waals surface area contributed by atoms with Crippen LogP contribution in [0.15, 0.2) is 24.3 Å². The molecule has 0 saturated carbocycles. The van der Waals surface area contributed by atoms with E-state index in [4.69, 9.17) is 16.3 Å². The molecule has 0 radical (unpaired) electrons. The highest BCUT2D eigenvalue weighted by Crippen LogP contribution is 2.16. The Morgan fingerprint density at radius 2 is 2.00 bits per heavy atom. The van der Waals surface area contributed by atoms with Crippen molar-refractivity contribution < 1.29 is 14.3 Å². The zero-order chi connectivity index (χ0) is 17.4. The van der Waals surface area contributed by atoms with Crippen LogP contribution in [0.2, 0.25) is 5.02 Å². The Morgan fingerprint density at radius 1 is 1.29 bits per heavy atom. The lowest BCUT2D eigenvalue weighted by Gasteiger charge is -2.26. The van der Waals surface area contributed by atoms with Crippen molar-refractivity contribution >= 4 is 23.4 Å². The Morgan fingerprint density at radius 3 is 2.67 bits per heavy atom. The molecule has 0 bridgehead atoms. The van der Waals surface area contributed by atoms with Crippen molar-refractivity contribution in [3.05, 3.63) is 34.9 Å². The normalized spacial score (nSPS) is 15.1. The van der Waals surface area contributed by atoms with Gasteiger partial charge in [0.15, 0.2) is 0 Å². The second-order valence-corrected chi connectivity index (χ2v) is 6.18. The van der Waals surface area contributed by atoms with Crippen molar-refractivity contribution in [2.24, 2.45) is 0 Å². The van der Waals surface area contributed by atoms with Gasteiger partial charge in [-0.05, 0) is 11.6 Å². The number of morpholine rings is 1. The summed E-state index contributed by atoms with van der Waals surface area (Å²) in [4.78, 5) is 27.6. The minimum absolute atomic E-state index is 0.0314. The van der Waals surface area contributed by atoms with E-state index in [1.807, 2.05) is 18.2 Å². The number of hydrogen-bond donors (Lipinski definition) is 1. The van der Waals surface area contributed by atoms with Crippen molar-refractivity contribution in [1.29, 1.82) is 0 Å². The first-order valence-corrected chi connectivity index (χ1v) is 8.50. The molecule has 0 unspecified atom stereocenters. The number of nitrogens with one attached hydrogen (secondary N) is 1. The highest BCUT2D eigenvalue weighted by molar-refractivity contribution is 6.31. The fraction of sp³-hybridized carbons (Fsp3) is 0.529. The molecular weight excluding hydrogens is 330 g/mol. The average molecular weight is 354 g/mol. The van der Waals surface area contributed by atoms with Crippen LogP contribution in [0.5, 0.6) is 0 Å². The molecular formula is C17H24ClN3O3. The molecule has 1 aromatic rings. The van der Waals surface area contributed by atoms with Crippen LogP contribution in [0.1, 0.15) is 12.5 Å². The summed E-state index contributed by atoms with van der Waals surface area (Å²) in [5, 5.41) is 3.46. The number of rotatable bonds is 7. The maximum absolute atomic E-state index is 12.1. The minimum Gasteiger partial charge on any atom is -0.379 e. The van der Waals surface area contributed by atoms with E-state index in [0.717, 1.165) is 38.4 Å². The van der Waals surface area contributed by atoms with Crippen molar-refractivity contribution in [2.75, 3.05) is 45.9 Å². The van der Waals surface area contributed by atoms with Crippen LogP contribution in [0.25, 0.3) is 0 Å². The monoisotopic (exact) mass is 353 g/mol. The first-order valence-electron chi connectivity index (χ1n) is 8.12. The second kappa shape index (κ2) is 9.61. The van der Waals surface area contributed by atoms with E-state index in [1.54, 1.807) is 6.07 Å². The number of benzene rings is 1. The molecule has 7 heteroatoms. The number of carbonyl (C=O) groups is 2. The van der Waals surface area contributed by atoms with Crippen molar-refractivity contribution in [3.8, 4) is 0 Å². The lowest BCUT2D eigenvalue weighted by Crippen LogP contribution is -2.44. The fourth-order valence-electron chi connectivity index (χ4n) is 2.52. The van der Waals surface area contributed by atoms with Crippen LogP contribution >= 0.6 is 11.6 Å². The van der Waals surface area contributed by atoms with E-state index in [-0.39, 0.29) is 18.4 Å². The third kappa shape index (κ3) is 6.11. The van der Waals surface area contributed by atoms with Crippen LogP contribution in [0.3, 0.4) is 0 Å². The summed E-state index contributed by atoms with van der Waals surface area (Å²) in [7, 11) is 0. The van der Waals surface area contributed by atoms with Gasteiger partial charge in [-0.1, -0.05) is 29.8 Å². The van der Waals surface area contributed by atoms with Gasteiger partial charge < -0.3 is 15.0 Å². The molecule has 1 aliphatic rings. The van der Waals surface area contributed by atoms with Crippen LogP contribution in [-0.2, 0) is 20.9 Å². The van der Waals surface area contributed by atoms with Gasteiger partial charge in [0.05, 0.1) is 19.8 Å². The van der Waals surface area contributed by atoms with E-state index in [2.05, 4.69) is 10.2 Å². The molecule has 1 aliphatic heterocycles. The van der Waals surface area contributed by atoms with Gasteiger partial charge in [0.25, 0.3) is 0 Å². The highest BCUT2D eigenvalue weighted by atomic mass is 35.5. The van der Waals surface area contributed by atoms with Gasteiger partial charge in [-0.3, -0.25) is 14.5 Å². The summed E-state index contributed by atoms with van der Waals surface area (Å²) >= 11 is 6.12. The first kappa shape index (κ1) is 18.7. The Bertz CT molecular complexity index is 562. The standard InChI is InChI=1S/C17H24ClN3O3/c1-14(22)21(12-15-4-2-3-5-16(15)18)13-17(23)19-6-7-20-8-10-24-11-9-20/h2-5H,6-13H2,1H3,(H,19,23). The maximum Gasteiger partial charge on any atom is 0.239 e. The number of nitrogens with zero attached hydrogens (tertiary/aromatic N) is 2. The average Bonchev–Trinajstić information content (AvgIpc) is 2.57. The van der Waals surface area contributed by atoms with E-state index in [9.17, 15) is 9.59 Å². The van der Waals surface area contributed by atoms with Crippen LogP contribution < -0.4 is 5.32 Å². The number of carbonyl (C=O) groups excluding carboxylic acids is 2. The van der Waals surface area contributed by atoms with Gasteiger partial charge >= 0.3 is 0 Å². The number of halogens is 1. The molecule has 24 heavy (non-hydrogen) atoms. The quantitative estimate of drug-likeness (QED) is 0.798. The second-order valence-electron chi connectivity index (χ2n) is 5.77. The number of ether oxygens (including phenoxy) is 1. The zero-order valence-corrected chi connectivity index (χ0v) is 14.7. The SMILES string of the molecule is CC(=O)N(CC(=O)NCCN1CCOCC1)Cc1ccccc1Cl. The molecule has 1 fully saturated rings. The summed E-state index contributed by atoms with van der Waals surface area (Å²) in [5.74, 6) is -0.316. The van der Waals surface area contributed by atoms with E-state index >= 15 is 0 Å². The first-order chi connectivity index (χ1) is 11.6. The van der Waals surface area contributed by atoms with E-state index < -0.39 is 0 Å². The molecule has 1 heterocycles. The smallest absolute Gasteiger partial charge is 0.239 e. The Labute approximate surface area is 147 Å². The minimum atomic E-state index is -0.162. The molecule has 132 valence electrons. The van der Waals surface area contributed by atoms with Crippen molar-refractivity contribution in [1.82, 2.24) is 15.1 Å². The van der Waals surface area contributed by atoms with Crippen LogP contribution in [0.4, 0.5) is 0 Å². The number of amides is 2. The predicted octanol–water partition coefficient (Wildman–Crippen LogP) is 1.14.